The first kappa shape index (κ1) is 15.3. The fourth-order valence-electron chi connectivity index (χ4n) is 2.37. The number of nitrogen functional groups attached to an aromatic ring is 1. The lowest BCUT2D eigenvalue weighted by molar-refractivity contribution is 0.0697. The predicted octanol–water partition coefficient (Wildman–Crippen LogP) is 1.74. The van der Waals surface area contributed by atoms with E-state index < -0.39 is 5.97 Å². The Hall–Kier alpha value is -1.75. The van der Waals surface area contributed by atoms with E-state index in [2.05, 4.69) is 11.8 Å². The van der Waals surface area contributed by atoms with Crippen molar-refractivity contribution in [3.63, 3.8) is 0 Å². The van der Waals surface area contributed by atoms with Crippen LogP contribution in [0.5, 0.6) is 0 Å². The summed E-state index contributed by atoms with van der Waals surface area (Å²) >= 11 is 0. The Bertz CT molecular complexity index is 446. The minimum absolute atomic E-state index is 0.183. The second-order valence-corrected chi connectivity index (χ2v) is 4.95. The molecule has 19 heavy (non-hydrogen) atoms. The monoisotopic (exact) mass is 265 g/mol. The second-order valence-electron chi connectivity index (χ2n) is 4.95. The zero-order chi connectivity index (χ0) is 14.6. The molecule has 0 aliphatic heterocycles. The molecule has 5 heteroatoms. The molecular weight excluding hydrogens is 242 g/mol. The summed E-state index contributed by atoms with van der Waals surface area (Å²) in [7, 11) is 3.99. The molecule has 3 N–H and O–H groups in total. The first-order valence-electron chi connectivity index (χ1n) is 6.41. The fourth-order valence-corrected chi connectivity index (χ4v) is 2.37. The van der Waals surface area contributed by atoms with Crippen molar-refractivity contribution in [1.82, 2.24) is 4.90 Å². The molecule has 0 bridgehead atoms. The van der Waals surface area contributed by atoms with Gasteiger partial charge in [0.2, 0.25) is 0 Å². The number of nitrogens with zero attached hydrogens (tertiary/aromatic N) is 2. The summed E-state index contributed by atoms with van der Waals surface area (Å²) in [6.07, 6.45) is 0. The normalized spacial score (nSPS) is 12.5. The van der Waals surface area contributed by atoms with Crippen LogP contribution in [-0.4, -0.2) is 49.2 Å². The highest BCUT2D eigenvalue weighted by molar-refractivity contribution is 5.98. The standard InChI is InChI=1S/C14H23N3O2/c1-5-17(10(2)9-16(3)4)13-11(14(18)19)7-6-8-12(13)15/h6-8,10H,5,9,15H2,1-4H3,(H,18,19). The van der Waals surface area contributed by atoms with Gasteiger partial charge in [0.05, 0.1) is 16.9 Å². The smallest absolute Gasteiger partial charge is 0.337 e. The molecule has 1 unspecified atom stereocenters. The SMILES string of the molecule is CCN(c1c(N)cccc1C(=O)O)C(C)CN(C)C. The van der Waals surface area contributed by atoms with E-state index in [1.807, 2.05) is 25.9 Å². The maximum atomic E-state index is 11.3. The lowest BCUT2D eigenvalue weighted by atomic mass is 10.1. The van der Waals surface area contributed by atoms with E-state index in [9.17, 15) is 9.90 Å². The largest absolute Gasteiger partial charge is 0.478 e. The third-order valence-electron chi connectivity index (χ3n) is 3.09. The van der Waals surface area contributed by atoms with Crippen molar-refractivity contribution >= 4 is 17.3 Å². The van der Waals surface area contributed by atoms with Gasteiger partial charge in [-0.1, -0.05) is 6.07 Å². The molecule has 0 aliphatic carbocycles. The highest BCUT2D eigenvalue weighted by Crippen LogP contribution is 2.29. The van der Waals surface area contributed by atoms with Gasteiger partial charge in [-0.2, -0.15) is 0 Å². The molecule has 0 radical (unpaired) electrons. The molecule has 106 valence electrons. The minimum Gasteiger partial charge on any atom is -0.478 e. The predicted molar refractivity (Wildman–Crippen MR) is 78.8 cm³/mol. The number of hydrogen-bond acceptors (Lipinski definition) is 4. The highest BCUT2D eigenvalue weighted by atomic mass is 16.4. The van der Waals surface area contributed by atoms with Crippen LogP contribution in [0.2, 0.25) is 0 Å². The number of carbonyl (C=O) groups is 1. The Labute approximate surface area is 114 Å². The van der Waals surface area contributed by atoms with Gasteiger partial charge in [0, 0.05) is 19.1 Å². The molecule has 1 rings (SSSR count). The average molecular weight is 265 g/mol. The van der Waals surface area contributed by atoms with Crippen LogP contribution in [0.15, 0.2) is 18.2 Å². The molecule has 0 amide bonds. The van der Waals surface area contributed by atoms with E-state index >= 15 is 0 Å². The van der Waals surface area contributed by atoms with Gasteiger partial charge in [-0.15, -0.1) is 0 Å². The van der Waals surface area contributed by atoms with E-state index in [0.717, 1.165) is 6.54 Å². The maximum absolute atomic E-state index is 11.3. The molecule has 0 saturated carbocycles. The summed E-state index contributed by atoms with van der Waals surface area (Å²) in [5, 5.41) is 9.31. The Morgan fingerprint density at radius 1 is 1.42 bits per heavy atom. The van der Waals surface area contributed by atoms with Gasteiger partial charge < -0.3 is 20.6 Å². The molecule has 0 saturated heterocycles. The number of aromatic carboxylic acids is 1. The zero-order valence-electron chi connectivity index (χ0n) is 12.1. The van der Waals surface area contributed by atoms with Gasteiger partial charge in [0.15, 0.2) is 0 Å². The molecule has 0 spiro atoms. The molecule has 1 atom stereocenters. The van der Waals surface area contributed by atoms with Crippen LogP contribution in [0, 0.1) is 0 Å². The minimum atomic E-state index is -0.946. The van der Waals surface area contributed by atoms with E-state index in [-0.39, 0.29) is 11.6 Å². The molecule has 0 fully saturated rings. The van der Waals surface area contributed by atoms with Crippen molar-refractivity contribution in [3.8, 4) is 0 Å². The molecule has 0 aliphatic rings. The van der Waals surface area contributed by atoms with Crippen molar-refractivity contribution in [2.24, 2.45) is 0 Å². The number of carboxylic acid groups (broad SMARTS) is 1. The summed E-state index contributed by atoms with van der Waals surface area (Å²) in [4.78, 5) is 15.5. The van der Waals surface area contributed by atoms with E-state index in [1.54, 1.807) is 18.2 Å². The van der Waals surface area contributed by atoms with Crippen molar-refractivity contribution in [2.45, 2.75) is 19.9 Å². The zero-order valence-corrected chi connectivity index (χ0v) is 12.1. The number of para-hydroxylation sites is 1. The van der Waals surface area contributed by atoms with Gasteiger partial charge in [0.25, 0.3) is 0 Å². The number of nitrogens with two attached hydrogens (primary N) is 1. The van der Waals surface area contributed by atoms with Crippen molar-refractivity contribution < 1.29 is 9.90 Å². The summed E-state index contributed by atoms with van der Waals surface area (Å²) in [6.45, 7) is 5.62. The summed E-state index contributed by atoms with van der Waals surface area (Å²) in [6, 6.07) is 5.20. The molecular formula is C14H23N3O2. The molecule has 5 nitrogen and oxygen atoms in total. The van der Waals surface area contributed by atoms with Crippen LogP contribution in [0.1, 0.15) is 24.2 Å². The number of likely N-dealkylation sites (N-methyl/N-ethyl adjacent to an activating group) is 2. The van der Waals surface area contributed by atoms with Crippen molar-refractivity contribution in [2.75, 3.05) is 37.8 Å². The summed E-state index contributed by atoms with van der Waals surface area (Å²) < 4.78 is 0. The van der Waals surface area contributed by atoms with Crippen LogP contribution in [-0.2, 0) is 0 Å². The Kier molecular flexibility index (Phi) is 5.18. The maximum Gasteiger partial charge on any atom is 0.337 e. The first-order chi connectivity index (χ1) is 8.88. The first-order valence-corrected chi connectivity index (χ1v) is 6.41. The van der Waals surface area contributed by atoms with E-state index in [0.29, 0.717) is 17.9 Å². The number of carboxylic acids is 1. The molecule has 0 aromatic heterocycles. The van der Waals surface area contributed by atoms with Gasteiger partial charge >= 0.3 is 5.97 Å². The van der Waals surface area contributed by atoms with Crippen LogP contribution < -0.4 is 10.6 Å². The summed E-state index contributed by atoms with van der Waals surface area (Å²) in [5.41, 5.74) is 7.37. The second kappa shape index (κ2) is 6.43. The van der Waals surface area contributed by atoms with Gasteiger partial charge in [-0.05, 0) is 40.1 Å². The number of hydrogen-bond donors (Lipinski definition) is 2. The van der Waals surface area contributed by atoms with Crippen molar-refractivity contribution in [3.05, 3.63) is 23.8 Å². The van der Waals surface area contributed by atoms with Gasteiger partial charge in [-0.3, -0.25) is 0 Å². The number of rotatable bonds is 6. The Morgan fingerprint density at radius 2 is 2.05 bits per heavy atom. The number of anilines is 2. The lowest BCUT2D eigenvalue weighted by Gasteiger charge is -2.33. The lowest BCUT2D eigenvalue weighted by Crippen LogP contribution is -2.41. The topological polar surface area (TPSA) is 69.8 Å². The third-order valence-corrected chi connectivity index (χ3v) is 3.09. The third kappa shape index (κ3) is 3.61. The van der Waals surface area contributed by atoms with Gasteiger partial charge in [-0.25, -0.2) is 4.79 Å². The van der Waals surface area contributed by atoms with Gasteiger partial charge in [0.1, 0.15) is 0 Å². The van der Waals surface area contributed by atoms with Crippen molar-refractivity contribution in [1.29, 1.82) is 0 Å². The van der Waals surface area contributed by atoms with Crippen LogP contribution >= 0.6 is 0 Å². The molecule has 1 aromatic rings. The fraction of sp³-hybridized carbons (Fsp3) is 0.500. The quantitative estimate of drug-likeness (QED) is 0.767. The Morgan fingerprint density at radius 3 is 2.53 bits per heavy atom. The highest BCUT2D eigenvalue weighted by Gasteiger charge is 2.21. The summed E-state index contributed by atoms with van der Waals surface area (Å²) in [5.74, 6) is -0.946. The van der Waals surface area contributed by atoms with E-state index in [4.69, 9.17) is 5.73 Å². The van der Waals surface area contributed by atoms with Crippen LogP contribution in [0.3, 0.4) is 0 Å². The van der Waals surface area contributed by atoms with E-state index in [1.165, 1.54) is 0 Å². The van der Waals surface area contributed by atoms with Crippen LogP contribution in [0.4, 0.5) is 11.4 Å². The molecule has 1 aromatic carbocycles. The average Bonchev–Trinajstić information content (AvgIpc) is 2.30. The Balaban J connectivity index is 3.20. The number of benzene rings is 1. The van der Waals surface area contributed by atoms with Crippen LogP contribution in [0.25, 0.3) is 0 Å². The molecule has 0 heterocycles.